The molecule has 5 heteroatoms. The smallest absolute Gasteiger partial charge is 0.246 e. The third kappa shape index (κ3) is 4.42. The average molecular weight is 353 g/mol. The minimum atomic E-state index is -0.290. The van der Waals surface area contributed by atoms with Crippen molar-refractivity contribution in [2.75, 3.05) is 45.2 Å². The van der Waals surface area contributed by atoms with E-state index < -0.39 is 0 Å². The first-order valence-corrected chi connectivity index (χ1v) is 9.17. The topological polar surface area (TPSA) is 44.8 Å². The van der Waals surface area contributed by atoms with Crippen LogP contribution in [0.3, 0.4) is 0 Å². The molecule has 1 amide bonds. The van der Waals surface area contributed by atoms with E-state index in [4.69, 9.17) is 4.74 Å². The fourth-order valence-electron chi connectivity index (χ4n) is 3.41. The Bertz CT molecular complexity index is 712. The molecule has 0 radical (unpaired) electrons. The lowest BCUT2D eigenvalue weighted by atomic mass is 10.0. The third-order valence-corrected chi connectivity index (χ3v) is 4.92. The van der Waals surface area contributed by atoms with E-state index in [0.717, 1.165) is 49.7 Å². The molecule has 0 unspecified atom stereocenters. The van der Waals surface area contributed by atoms with Gasteiger partial charge in [-0.1, -0.05) is 43.3 Å². The number of carbonyl (C=O) groups excluding carboxylic acids is 1. The number of anilines is 1. The molecule has 1 saturated heterocycles. The zero-order valence-electron chi connectivity index (χ0n) is 15.5. The van der Waals surface area contributed by atoms with E-state index in [-0.39, 0.29) is 11.9 Å². The van der Waals surface area contributed by atoms with Crippen LogP contribution in [0.5, 0.6) is 5.75 Å². The number of hydrogen-bond donors (Lipinski definition) is 1. The first kappa shape index (κ1) is 18.4. The summed E-state index contributed by atoms with van der Waals surface area (Å²) in [7, 11) is 1.63. The second kappa shape index (κ2) is 8.83. The second-order valence-corrected chi connectivity index (χ2v) is 6.50. The average Bonchev–Trinajstić information content (AvgIpc) is 2.69. The molecule has 0 aromatic heterocycles. The summed E-state index contributed by atoms with van der Waals surface area (Å²) in [5.74, 6) is 0.727. The molecule has 0 saturated carbocycles. The van der Waals surface area contributed by atoms with Crippen LogP contribution in [0.25, 0.3) is 0 Å². The Labute approximate surface area is 155 Å². The Hall–Kier alpha value is -2.37. The van der Waals surface area contributed by atoms with Gasteiger partial charge in [-0.05, 0) is 24.2 Å². The van der Waals surface area contributed by atoms with E-state index in [1.807, 2.05) is 54.6 Å². The van der Waals surface area contributed by atoms with Gasteiger partial charge in [-0.15, -0.1) is 0 Å². The molecule has 0 bridgehead atoms. The van der Waals surface area contributed by atoms with Crippen molar-refractivity contribution in [3.63, 3.8) is 0 Å². The van der Waals surface area contributed by atoms with Crippen molar-refractivity contribution in [3.8, 4) is 5.75 Å². The summed E-state index contributed by atoms with van der Waals surface area (Å²) in [6.07, 6.45) is 0. The van der Waals surface area contributed by atoms with Gasteiger partial charge in [-0.3, -0.25) is 9.69 Å². The highest BCUT2D eigenvalue weighted by Crippen LogP contribution is 2.25. The maximum absolute atomic E-state index is 13.2. The lowest BCUT2D eigenvalue weighted by molar-refractivity contribution is -0.122. The van der Waals surface area contributed by atoms with Crippen LogP contribution in [0.2, 0.25) is 0 Å². The summed E-state index contributed by atoms with van der Waals surface area (Å²) in [4.78, 5) is 17.8. The molecule has 26 heavy (non-hydrogen) atoms. The van der Waals surface area contributed by atoms with Crippen molar-refractivity contribution in [1.82, 2.24) is 9.80 Å². The Kier molecular flexibility index (Phi) is 6.26. The molecular weight excluding hydrogens is 326 g/mol. The molecule has 5 nitrogen and oxygen atoms in total. The van der Waals surface area contributed by atoms with Crippen LogP contribution in [-0.2, 0) is 4.79 Å². The molecule has 2 aromatic rings. The monoisotopic (exact) mass is 353 g/mol. The number of hydrogen-bond acceptors (Lipinski definition) is 4. The molecule has 1 aliphatic heterocycles. The summed E-state index contributed by atoms with van der Waals surface area (Å²) >= 11 is 0. The van der Waals surface area contributed by atoms with Crippen molar-refractivity contribution in [2.24, 2.45) is 0 Å². The summed E-state index contributed by atoms with van der Waals surface area (Å²) in [5, 5.41) is 3.06. The highest BCUT2D eigenvalue weighted by molar-refractivity contribution is 5.95. The highest BCUT2D eigenvalue weighted by Gasteiger charge is 2.30. The normalized spacial score (nSPS) is 16.8. The molecule has 1 N–H and O–H groups in total. The molecule has 1 atom stereocenters. The highest BCUT2D eigenvalue weighted by atomic mass is 16.5. The fraction of sp³-hybridized carbons (Fsp3) is 0.381. The molecule has 1 fully saturated rings. The number of nitrogens with zero attached hydrogens (tertiary/aromatic N) is 2. The fourth-order valence-corrected chi connectivity index (χ4v) is 3.41. The first-order valence-electron chi connectivity index (χ1n) is 9.17. The van der Waals surface area contributed by atoms with E-state index in [2.05, 4.69) is 22.0 Å². The largest absolute Gasteiger partial charge is 0.497 e. The number of nitrogens with one attached hydrogen (secondary N) is 1. The van der Waals surface area contributed by atoms with Crippen molar-refractivity contribution in [3.05, 3.63) is 60.2 Å². The maximum atomic E-state index is 13.2. The molecule has 1 heterocycles. The van der Waals surface area contributed by atoms with Gasteiger partial charge in [0.05, 0.1) is 7.11 Å². The Balaban J connectivity index is 1.80. The van der Waals surface area contributed by atoms with Gasteiger partial charge in [0.1, 0.15) is 11.8 Å². The van der Waals surface area contributed by atoms with E-state index in [1.54, 1.807) is 7.11 Å². The number of ether oxygens (including phenoxy) is 1. The number of methoxy groups -OCH3 is 1. The molecule has 0 aliphatic carbocycles. The van der Waals surface area contributed by atoms with Crippen LogP contribution in [0.4, 0.5) is 5.69 Å². The summed E-state index contributed by atoms with van der Waals surface area (Å²) in [5.41, 5.74) is 1.78. The predicted octanol–water partition coefficient (Wildman–Crippen LogP) is 3.01. The standard InChI is InChI=1S/C21H27N3O2/c1-3-23-12-14-24(15-13-23)20(17-8-5-4-6-9-17)21(25)22-18-10-7-11-19(16-18)26-2/h4-11,16,20H,3,12-15H2,1-2H3,(H,22,25)/t20-/m0/s1. The number of amides is 1. The van der Waals surface area contributed by atoms with Gasteiger partial charge in [0.2, 0.25) is 5.91 Å². The van der Waals surface area contributed by atoms with Crippen LogP contribution in [0.15, 0.2) is 54.6 Å². The van der Waals surface area contributed by atoms with E-state index in [0.29, 0.717) is 0 Å². The van der Waals surface area contributed by atoms with Crippen LogP contribution in [0.1, 0.15) is 18.5 Å². The van der Waals surface area contributed by atoms with Gasteiger partial charge in [0.15, 0.2) is 0 Å². The molecule has 138 valence electrons. The Morgan fingerprint density at radius 1 is 1.08 bits per heavy atom. The van der Waals surface area contributed by atoms with Crippen LogP contribution < -0.4 is 10.1 Å². The lowest BCUT2D eigenvalue weighted by Crippen LogP contribution is -2.49. The van der Waals surface area contributed by atoms with Gasteiger partial charge in [-0.2, -0.15) is 0 Å². The van der Waals surface area contributed by atoms with E-state index in [9.17, 15) is 4.79 Å². The molecule has 1 aliphatic rings. The maximum Gasteiger partial charge on any atom is 0.246 e. The van der Waals surface area contributed by atoms with Gasteiger partial charge >= 0.3 is 0 Å². The van der Waals surface area contributed by atoms with Crippen molar-refractivity contribution in [1.29, 1.82) is 0 Å². The lowest BCUT2D eigenvalue weighted by Gasteiger charge is -2.38. The zero-order chi connectivity index (χ0) is 18.4. The third-order valence-electron chi connectivity index (χ3n) is 4.92. The van der Waals surface area contributed by atoms with Crippen LogP contribution >= 0.6 is 0 Å². The molecular formula is C21H27N3O2. The minimum absolute atomic E-state index is 0.00518. The first-order chi connectivity index (χ1) is 12.7. The van der Waals surface area contributed by atoms with Crippen molar-refractivity contribution < 1.29 is 9.53 Å². The zero-order valence-corrected chi connectivity index (χ0v) is 15.5. The van der Waals surface area contributed by atoms with Crippen LogP contribution in [0, 0.1) is 0 Å². The van der Waals surface area contributed by atoms with E-state index >= 15 is 0 Å². The van der Waals surface area contributed by atoms with Gasteiger partial charge in [0, 0.05) is 37.9 Å². The number of rotatable bonds is 6. The minimum Gasteiger partial charge on any atom is -0.497 e. The second-order valence-electron chi connectivity index (χ2n) is 6.50. The van der Waals surface area contributed by atoms with Crippen molar-refractivity contribution >= 4 is 11.6 Å². The SMILES string of the molecule is CCN1CCN([C@H](C(=O)Nc2cccc(OC)c2)c2ccccc2)CC1. The molecule has 2 aromatic carbocycles. The summed E-state index contributed by atoms with van der Waals surface area (Å²) in [6.45, 7) is 7.00. The molecule has 0 spiro atoms. The Morgan fingerprint density at radius 2 is 1.81 bits per heavy atom. The number of carbonyl (C=O) groups is 1. The van der Waals surface area contributed by atoms with Crippen molar-refractivity contribution in [2.45, 2.75) is 13.0 Å². The number of piperazine rings is 1. The van der Waals surface area contributed by atoms with Gasteiger partial charge in [0.25, 0.3) is 0 Å². The Morgan fingerprint density at radius 3 is 2.46 bits per heavy atom. The van der Waals surface area contributed by atoms with E-state index in [1.165, 1.54) is 0 Å². The molecule has 3 rings (SSSR count). The predicted molar refractivity (Wildman–Crippen MR) is 104 cm³/mol. The number of likely N-dealkylation sites (N-methyl/N-ethyl adjacent to an activating group) is 1. The summed E-state index contributed by atoms with van der Waals surface area (Å²) in [6, 6.07) is 17.2. The van der Waals surface area contributed by atoms with Gasteiger partial charge < -0.3 is 15.0 Å². The van der Waals surface area contributed by atoms with Gasteiger partial charge in [-0.25, -0.2) is 0 Å². The quantitative estimate of drug-likeness (QED) is 0.867. The van der Waals surface area contributed by atoms with Crippen LogP contribution in [-0.4, -0.2) is 55.5 Å². The summed E-state index contributed by atoms with van der Waals surface area (Å²) < 4.78 is 5.25. The number of benzene rings is 2.